The van der Waals surface area contributed by atoms with Crippen LogP contribution in [0.2, 0.25) is 5.02 Å². The second-order valence-corrected chi connectivity index (χ2v) is 5.82. The molecule has 0 heterocycles. The van der Waals surface area contributed by atoms with Gasteiger partial charge in [0.15, 0.2) is 0 Å². The summed E-state index contributed by atoms with van der Waals surface area (Å²) < 4.78 is 5.22. The molecule has 1 unspecified atom stereocenters. The summed E-state index contributed by atoms with van der Waals surface area (Å²) in [6.07, 6.45) is 1.10. The third-order valence-corrected chi connectivity index (χ3v) is 2.73. The van der Waals surface area contributed by atoms with Crippen LogP contribution in [0.5, 0.6) is 0 Å². The van der Waals surface area contributed by atoms with Crippen molar-refractivity contribution in [2.45, 2.75) is 39.2 Å². The smallest absolute Gasteiger partial charge is 0.323 e. The summed E-state index contributed by atoms with van der Waals surface area (Å²) in [6, 6.07) is 9.39. The van der Waals surface area contributed by atoms with Crippen molar-refractivity contribution in [2.75, 3.05) is 0 Å². The van der Waals surface area contributed by atoms with Crippen molar-refractivity contribution in [3.8, 4) is 6.07 Å². The van der Waals surface area contributed by atoms with Crippen LogP contribution in [-0.2, 0) is 16.0 Å². The van der Waals surface area contributed by atoms with E-state index in [0.29, 0.717) is 17.9 Å². The Morgan fingerprint density at radius 3 is 2.42 bits per heavy atom. The van der Waals surface area contributed by atoms with Gasteiger partial charge in [0.05, 0.1) is 6.07 Å². The van der Waals surface area contributed by atoms with Crippen molar-refractivity contribution < 1.29 is 9.53 Å². The lowest BCUT2D eigenvalue weighted by Crippen LogP contribution is -2.28. The van der Waals surface area contributed by atoms with Crippen LogP contribution in [0.4, 0.5) is 0 Å². The van der Waals surface area contributed by atoms with Gasteiger partial charge in [-0.25, -0.2) is 0 Å². The first-order valence-electron chi connectivity index (χ1n) is 6.19. The highest BCUT2D eigenvalue weighted by molar-refractivity contribution is 6.30. The number of aryl methyl sites for hydroxylation is 1. The molecule has 1 rings (SSSR count). The number of rotatable bonds is 4. The molecule has 3 nitrogen and oxygen atoms in total. The fourth-order valence-electron chi connectivity index (χ4n) is 1.57. The van der Waals surface area contributed by atoms with E-state index in [0.717, 1.165) is 5.56 Å². The molecule has 1 aromatic carbocycles. The maximum absolute atomic E-state index is 11.8. The minimum Gasteiger partial charge on any atom is -0.459 e. The second kappa shape index (κ2) is 6.58. The number of carbonyl (C=O) groups excluding carboxylic acids is 1. The summed E-state index contributed by atoms with van der Waals surface area (Å²) in [5, 5.41) is 9.72. The minimum atomic E-state index is -0.727. The van der Waals surface area contributed by atoms with E-state index in [9.17, 15) is 4.79 Å². The Hall–Kier alpha value is -1.53. The Labute approximate surface area is 119 Å². The third-order valence-electron chi connectivity index (χ3n) is 2.48. The number of hydrogen-bond donors (Lipinski definition) is 0. The molecule has 102 valence electrons. The molecule has 0 amide bonds. The number of ether oxygens (including phenoxy) is 1. The molecule has 0 aromatic heterocycles. The molecule has 0 aliphatic rings. The molecule has 4 heteroatoms. The summed E-state index contributed by atoms with van der Waals surface area (Å²) in [5.41, 5.74) is 0.486. The Kier molecular flexibility index (Phi) is 5.38. The summed E-state index contributed by atoms with van der Waals surface area (Å²) in [6.45, 7) is 5.37. The maximum Gasteiger partial charge on any atom is 0.323 e. The highest BCUT2D eigenvalue weighted by Gasteiger charge is 2.24. The van der Waals surface area contributed by atoms with Crippen LogP contribution in [-0.4, -0.2) is 11.6 Å². The van der Waals surface area contributed by atoms with Gasteiger partial charge in [0.2, 0.25) is 0 Å². The van der Waals surface area contributed by atoms with Crippen LogP contribution >= 0.6 is 11.6 Å². The largest absolute Gasteiger partial charge is 0.459 e. The molecule has 0 saturated carbocycles. The summed E-state index contributed by atoms with van der Waals surface area (Å²) >= 11 is 5.80. The Balaban J connectivity index is 2.56. The van der Waals surface area contributed by atoms with Gasteiger partial charge >= 0.3 is 5.97 Å². The molecule has 19 heavy (non-hydrogen) atoms. The molecular formula is C15H18ClNO2. The first-order valence-corrected chi connectivity index (χ1v) is 6.56. The molecule has 0 saturated heterocycles. The Morgan fingerprint density at radius 1 is 1.37 bits per heavy atom. The van der Waals surface area contributed by atoms with Crippen molar-refractivity contribution in [3.05, 3.63) is 34.9 Å². The normalized spacial score (nSPS) is 12.6. The molecule has 0 aliphatic heterocycles. The fraction of sp³-hybridized carbons (Fsp3) is 0.467. The van der Waals surface area contributed by atoms with Gasteiger partial charge in [0.1, 0.15) is 11.5 Å². The number of hydrogen-bond acceptors (Lipinski definition) is 3. The second-order valence-electron chi connectivity index (χ2n) is 5.38. The highest BCUT2D eigenvalue weighted by Crippen LogP contribution is 2.17. The predicted octanol–water partition coefficient (Wildman–Crippen LogP) is 3.75. The number of benzene rings is 1. The molecule has 0 bridgehead atoms. The maximum atomic E-state index is 11.8. The quantitative estimate of drug-likeness (QED) is 0.789. The number of esters is 1. The third kappa shape index (κ3) is 5.76. The van der Waals surface area contributed by atoms with Gasteiger partial charge < -0.3 is 4.74 Å². The van der Waals surface area contributed by atoms with Gasteiger partial charge in [-0.3, -0.25) is 4.79 Å². The number of carbonyl (C=O) groups is 1. The van der Waals surface area contributed by atoms with Gasteiger partial charge in [0, 0.05) is 5.02 Å². The lowest BCUT2D eigenvalue weighted by Gasteiger charge is -2.21. The monoisotopic (exact) mass is 279 g/mol. The van der Waals surface area contributed by atoms with Crippen molar-refractivity contribution in [1.82, 2.24) is 0 Å². The highest BCUT2D eigenvalue weighted by atomic mass is 35.5. The number of nitrogens with zero attached hydrogens (tertiary/aromatic N) is 1. The van der Waals surface area contributed by atoms with E-state index in [-0.39, 0.29) is 0 Å². The van der Waals surface area contributed by atoms with E-state index in [1.54, 1.807) is 32.9 Å². The topological polar surface area (TPSA) is 50.1 Å². The summed E-state index contributed by atoms with van der Waals surface area (Å²) in [4.78, 5) is 11.8. The molecule has 0 spiro atoms. The van der Waals surface area contributed by atoms with Crippen LogP contribution in [0, 0.1) is 17.2 Å². The van der Waals surface area contributed by atoms with Crippen LogP contribution < -0.4 is 0 Å². The van der Waals surface area contributed by atoms with Gasteiger partial charge in [-0.15, -0.1) is 0 Å². The number of halogens is 1. The molecule has 1 aromatic rings. The Bertz CT molecular complexity index is 468. The van der Waals surface area contributed by atoms with Crippen LogP contribution in [0.1, 0.15) is 32.8 Å². The minimum absolute atomic E-state index is 0.451. The first-order chi connectivity index (χ1) is 8.81. The predicted molar refractivity (Wildman–Crippen MR) is 74.7 cm³/mol. The van der Waals surface area contributed by atoms with E-state index in [1.165, 1.54) is 0 Å². The van der Waals surface area contributed by atoms with Gasteiger partial charge in [0.25, 0.3) is 0 Å². The lowest BCUT2D eigenvalue weighted by molar-refractivity contribution is -0.158. The molecule has 0 fully saturated rings. The van der Waals surface area contributed by atoms with Crippen molar-refractivity contribution in [3.63, 3.8) is 0 Å². The van der Waals surface area contributed by atoms with E-state index in [1.807, 2.05) is 18.2 Å². The van der Waals surface area contributed by atoms with E-state index in [2.05, 4.69) is 0 Å². The van der Waals surface area contributed by atoms with Gasteiger partial charge in [-0.1, -0.05) is 23.7 Å². The van der Waals surface area contributed by atoms with Crippen LogP contribution in [0.25, 0.3) is 0 Å². The van der Waals surface area contributed by atoms with Crippen LogP contribution in [0.15, 0.2) is 24.3 Å². The average Bonchev–Trinajstić information content (AvgIpc) is 2.30. The van der Waals surface area contributed by atoms with Gasteiger partial charge in [-0.05, 0) is 51.3 Å². The zero-order valence-electron chi connectivity index (χ0n) is 11.4. The SMILES string of the molecule is CC(C)(C)OC(=O)C(C#N)CCc1ccc(Cl)cc1. The van der Waals surface area contributed by atoms with Crippen LogP contribution in [0.3, 0.4) is 0 Å². The molecular weight excluding hydrogens is 262 g/mol. The van der Waals surface area contributed by atoms with E-state index in [4.69, 9.17) is 21.6 Å². The lowest BCUT2D eigenvalue weighted by atomic mass is 10.0. The summed E-state index contributed by atoms with van der Waals surface area (Å²) in [5.74, 6) is -1.18. The standard InChI is InChI=1S/C15H18ClNO2/c1-15(2,3)19-14(18)12(10-17)7-4-11-5-8-13(16)9-6-11/h5-6,8-9,12H,4,7H2,1-3H3. The van der Waals surface area contributed by atoms with Crippen molar-refractivity contribution in [2.24, 2.45) is 5.92 Å². The zero-order valence-corrected chi connectivity index (χ0v) is 12.2. The molecule has 0 N–H and O–H groups in total. The van der Waals surface area contributed by atoms with E-state index >= 15 is 0 Å². The molecule has 0 radical (unpaired) electrons. The average molecular weight is 280 g/mol. The number of nitriles is 1. The van der Waals surface area contributed by atoms with Gasteiger partial charge in [-0.2, -0.15) is 5.26 Å². The fourth-order valence-corrected chi connectivity index (χ4v) is 1.70. The molecule has 1 atom stereocenters. The van der Waals surface area contributed by atoms with E-state index < -0.39 is 17.5 Å². The van der Waals surface area contributed by atoms with Crippen molar-refractivity contribution in [1.29, 1.82) is 5.26 Å². The Morgan fingerprint density at radius 2 is 1.95 bits per heavy atom. The summed E-state index contributed by atoms with van der Waals surface area (Å²) in [7, 11) is 0. The molecule has 0 aliphatic carbocycles. The zero-order chi connectivity index (χ0) is 14.5. The van der Waals surface area contributed by atoms with Crippen molar-refractivity contribution >= 4 is 17.6 Å². The first kappa shape index (κ1) is 15.5.